The predicted octanol–water partition coefficient (Wildman–Crippen LogP) is 2.81. The second-order valence-electron chi connectivity index (χ2n) is 5.39. The lowest BCUT2D eigenvalue weighted by molar-refractivity contribution is 0.0774. The van der Waals surface area contributed by atoms with E-state index in [9.17, 15) is 0 Å². The molecule has 1 aliphatic rings. The first-order chi connectivity index (χ1) is 9.35. The number of pyridine rings is 1. The second kappa shape index (κ2) is 7.61. The highest BCUT2D eigenvalue weighted by molar-refractivity contribution is 5.12. The Morgan fingerprint density at radius 2 is 2.16 bits per heavy atom. The molecule has 19 heavy (non-hydrogen) atoms. The van der Waals surface area contributed by atoms with Gasteiger partial charge in [-0.05, 0) is 49.9 Å². The molecule has 1 aromatic heterocycles. The zero-order chi connectivity index (χ0) is 13.5. The Morgan fingerprint density at radius 3 is 2.84 bits per heavy atom. The fourth-order valence-electron chi connectivity index (χ4n) is 3.02. The molecule has 0 radical (unpaired) electrons. The molecule has 0 spiro atoms. The molecule has 0 bridgehead atoms. The number of nitrogens with zero attached hydrogens (tertiary/aromatic N) is 1. The van der Waals surface area contributed by atoms with E-state index in [0.29, 0.717) is 18.1 Å². The SMILES string of the molecule is CCCNC(Cc1ccncc1)C1CCOC1CC. The van der Waals surface area contributed by atoms with Gasteiger partial charge in [0.15, 0.2) is 0 Å². The molecule has 0 aromatic carbocycles. The maximum absolute atomic E-state index is 5.86. The van der Waals surface area contributed by atoms with Crippen LogP contribution in [0.4, 0.5) is 0 Å². The Bertz CT molecular complexity index is 355. The summed E-state index contributed by atoms with van der Waals surface area (Å²) in [4.78, 5) is 4.10. The Labute approximate surface area is 116 Å². The maximum Gasteiger partial charge on any atom is 0.0616 e. The van der Waals surface area contributed by atoms with Gasteiger partial charge in [-0.25, -0.2) is 0 Å². The second-order valence-corrected chi connectivity index (χ2v) is 5.39. The average molecular weight is 262 g/mol. The van der Waals surface area contributed by atoms with Gasteiger partial charge in [-0.3, -0.25) is 4.98 Å². The van der Waals surface area contributed by atoms with Gasteiger partial charge in [-0.1, -0.05) is 13.8 Å². The Hall–Kier alpha value is -0.930. The molecular weight excluding hydrogens is 236 g/mol. The highest BCUT2D eigenvalue weighted by Crippen LogP contribution is 2.28. The van der Waals surface area contributed by atoms with E-state index in [-0.39, 0.29) is 0 Å². The van der Waals surface area contributed by atoms with Gasteiger partial charge in [0, 0.05) is 31.0 Å². The van der Waals surface area contributed by atoms with Crippen LogP contribution in [0.15, 0.2) is 24.5 Å². The van der Waals surface area contributed by atoms with Gasteiger partial charge < -0.3 is 10.1 Å². The molecule has 2 rings (SSSR count). The minimum Gasteiger partial charge on any atom is -0.378 e. The molecule has 3 nitrogen and oxygen atoms in total. The fraction of sp³-hybridized carbons (Fsp3) is 0.688. The first-order valence-electron chi connectivity index (χ1n) is 7.59. The monoisotopic (exact) mass is 262 g/mol. The van der Waals surface area contributed by atoms with Crippen LogP contribution in [0.3, 0.4) is 0 Å². The van der Waals surface area contributed by atoms with E-state index >= 15 is 0 Å². The van der Waals surface area contributed by atoms with E-state index in [4.69, 9.17) is 4.74 Å². The standard InChI is InChI=1S/C16H26N2O/c1-3-8-18-15(12-13-5-9-17-10-6-13)14-7-11-19-16(14)4-2/h5-6,9-10,14-16,18H,3-4,7-8,11-12H2,1-2H3. The number of rotatable bonds is 7. The van der Waals surface area contributed by atoms with Crippen LogP contribution in [0.5, 0.6) is 0 Å². The van der Waals surface area contributed by atoms with E-state index in [1.54, 1.807) is 0 Å². The first-order valence-corrected chi connectivity index (χ1v) is 7.59. The van der Waals surface area contributed by atoms with Gasteiger partial charge >= 0.3 is 0 Å². The van der Waals surface area contributed by atoms with Crippen molar-refractivity contribution in [2.45, 2.75) is 51.7 Å². The molecule has 1 aliphatic heterocycles. The van der Waals surface area contributed by atoms with Gasteiger partial charge in [-0.2, -0.15) is 0 Å². The highest BCUT2D eigenvalue weighted by atomic mass is 16.5. The van der Waals surface area contributed by atoms with Gasteiger partial charge in [0.1, 0.15) is 0 Å². The molecule has 2 heterocycles. The van der Waals surface area contributed by atoms with Crippen molar-refractivity contribution >= 4 is 0 Å². The smallest absolute Gasteiger partial charge is 0.0616 e. The van der Waals surface area contributed by atoms with Crippen LogP contribution in [-0.2, 0) is 11.2 Å². The van der Waals surface area contributed by atoms with Crippen molar-refractivity contribution in [3.63, 3.8) is 0 Å². The van der Waals surface area contributed by atoms with E-state index in [2.05, 4.69) is 36.3 Å². The third-order valence-electron chi connectivity index (χ3n) is 4.04. The quantitative estimate of drug-likeness (QED) is 0.820. The molecule has 3 unspecified atom stereocenters. The van der Waals surface area contributed by atoms with Crippen molar-refractivity contribution < 1.29 is 4.74 Å². The zero-order valence-corrected chi connectivity index (χ0v) is 12.1. The van der Waals surface area contributed by atoms with Crippen molar-refractivity contribution in [2.24, 2.45) is 5.92 Å². The summed E-state index contributed by atoms with van der Waals surface area (Å²) in [6.07, 6.45) is 8.75. The Kier molecular flexibility index (Phi) is 5.80. The van der Waals surface area contributed by atoms with E-state index < -0.39 is 0 Å². The van der Waals surface area contributed by atoms with Gasteiger partial charge in [0.05, 0.1) is 6.10 Å². The molecule has 106 valence electrons. The van der Waals surface area contributed by atoms with Gasteiger partial charge in [-0.15, -0.1) is 0 Å². The Balaban J connectivity index is 2.02. The zero-order valence-electron chi connectivity index (χ0n) is 12.1. The summed E-state index contributed by atoms with van der Waals surface area (Å²) >= 11 is 0. The number of ether oxygens (including phenoxy) is 1. The lowest BCUT2D eigenvalue weighted by Gasteiger charge is -2.28. The number of nitrogens with one attached hydrogen (secondary N) is 1. The minimum atomic E-state index is 0.427. The van der Waals surface area contributed by atoms with E-state index in [0.717, 1.165) is 26.0 Å². The van der Waals surface area contributed by atoms with Crippen molar-refractivity contribution in [1.29, 1.82) is 0 Å². The molecule has 1 fully saturated rings. The molecule has 0 amide bonds. The van der Waals surface area contributed by atoms with E-state index in [1.165, 1.54) is 18.4 Å². The summed E-state index contributed by atoms with van der Waals surface area (Å²) in [5, 5.41) is 3.72. The van der Waals surface area contributed by atoms with Crippen LogP contribution in [0.2, 0.25) is 0 Å². The predicted molar refractivity (Wildman–Crippen MR) is 78.2 cm³/mol. The molecule has 0 aliphatic carbocycles. The molecule has 1 N–H and O–H groups in total. The molecule has 1 saturated heterocycles. The first kappa shape index (κ1) is 14.5. The number of aromatic nitrogens is 1. The molecule has 3 heteroatoms. The number of hydrogen-bond donors (Lipinski definition) is 1. The summed E-state index contributed by atoms with van der Waals surface area (Å²) in [5.74, 6) is 0.643. The van der Waals surface area contributed by atoms with E-state index in [1.807, 2.05) is 12.4 Å². The number of hydrogen-bond acceptors (Lipinski definition) is 3. The third kappa shape index (κ3) is 4.02. The normalized spacial score (nSPS) is 24.5. The summed E-state index contributed by atoms with van der Waals surface area (Å²) < 4.78 is 5.86. The summed E-state index contributed by atoms with van der Waals surface area (Å²) in [6.45, 7) is 6.46. The highest BCUT2D eigenvalue weighted by Gasteiger charge is 2.33. The summed E-state index contributed by atoms with van der Waals surface area (Å²) in [7, 11) is 0. The fourth-order valence-corrected chi connectivity index (χ4v) is 3.02. The van der Waals surface area contributed by atoms with Crippen LogP contribution >= 0.6 is 0 Å². The Morgan fingerprint density at radius 1 is 1.37 bits per heavy atom. The van der Waals surface area contributed by atoms with Crippen molar-refractivity contribution in [3.8, 4) is 0 Å². The lowest BCUT2D eigenvalue weighted by Crippen LogP contribution is -2.41. The molecule has 1 aromatic rings. The minimum absolute atomic E-state index is 0.427. The summed E-state index contributed by atoms with van der Waals surface area (Å²) in [5.41, 5.74) is 1.37. The topological polar surface area (TPSA) is 34.2 Å². The lowest BCUT2D eigenvalue weighted by atomic mass is 9.87. The molecular formula is C16H26N2O. The maximum atomic E-state index is 5.86. The van der Waals surface area contributed by atoms with Crippen molar-refractivity contribution in [2.75, 3.05) is 13.2 Å². The van der Waals surface area contributed by atoms with Gasteiger partial charge in [0.2, 0.25) is 0 Å². The molecule has 3 atom stereocenters. The summed E-state index contributed by atoms with van der Waals surface area (Å²) in [6, 6.07) is 4.77. The largest absolute Gasteiger partial charge is 0.378 e. The van der Waals surface area contributed by atoms with Crippen molar-refractivity contribution in [1.82, 2.24) is 10.3 Å². The van der Waals surface area contributed by atoms with Crippen LogP contribution < -0.4 is 5.32 Å². The van der Waals surface area contributed by atoms with Crippen LogP contribution in [-0.4, -0.2) is 30.3 Å². The van der Waals surface area contributed by atoms with Crippen LogP contribution in [0.1, 0.15) is 38.7 Å². The third-order valence-corrected chi connectivity index (χ3v) is 4.04. The molecule has 0 saturated carbocycles. The van der Waals surface area contributed by atoms with Crippen LogP contribution in [0, 0.1) is 5.92 Å². The average Bonchev–Trinajstić information content (AvgIpc) is 2.93. The van der Waals surface area contributed by atoms with Crippen molar-refractivity contribution in [3.05, 3.63) is 30.1 Å². The van der Waals surface area contributed by atoms with Gasteiger partial charge in [0.25, 0.3) is 0 Å². The van der Waals surface area contributed by atoms with Crippen LogP contribution in [0.25, 0.3) is 0 Å².